The third-order valence-corrected chi connectivity index (χ3v) is 4.98. The molecule has 0 radical (unpaired) electrons. The fourth-order valence-corrected chi connectivity index (χ4v) is 3.72. The molecule has 1 aromatic rings. The van der Waals surface area contributed by atoms with Crippen molar-refractivity contribution in [3.63, 3.8) is 0 Å². The van der Waals surface area contributed by atoms with Crippen molar-refractivity contribution in [2.75, 3.05) is 12.3 Å². The Balaban J connectivity index is 2.15. The Labute approximate surface area is 127 Å². The van der Waals surface area contributed by atoms with Gasteiger partial charge in [0.2, 0.25) is 0 Å². The van der Waals surface area contributed by atoms with E-state index >= 15 is 0 Å². The van der Waals surface area contributed by atoms with Gasteiger partial charge in [-0.25, -0.2) is 9.89 Å². The van der Waals surface area contributed by atoms with E-state index in [9.17, 15) is 14.7 Å². The molecule has 1 atom stereocenters. The third kappa shape index (κ3) is 3.32. The molecule has 118 valence electrons. The summed E-state index contributed by atoms with van der Waals surface area (Å²) in [4.78, 5) is 23.4. The fourth-order valence-electron chi connectivity index (χ4n) is 2.42. The van der Waals surface area contributed by atoms with Crippen LogP contribution in [0.3, 0.4) is 0 Å². The first-order chi connectivity index (χ1) is 10.0. The molecule has 3 N–H and O–H groups in total. The van der Waals surface area contributed by atoms with Crippen LogP contribution in [0.1, 0.15) is 33.1 Å². The predicted octanol–water partition coefficient (Wildman–Crippen LogP) is 0.916. The number of nitrogens with zero attached hydrogens (tertiary/aromatic N) is 2. The van der Waals surface area contributed by atoms with E-state index in [-0.39, 0.29) is 11.6 Å². The molecule has 1 aromatic heterocycles. The van der Waals surface area contributed by atoms with Crippen LogP contribution in [-0.4, -0.2) is 43.7 Å². The van der Waals surface area contributed by atoms with Gasteiger partial charge in [-0.15, -0.1) is 5.10 Å². The summed E-state index contributed by atoms with van der Waals surface area (Å²) < 4.78 is 1.52. The number of H-pyrrole nitrogens is 1. The first-order valence-electron chi connectivity index (χ1n) is 7.31. The zero-order valence-corrected chi connectivity index (χ0v) is 13.2. The third-order valence-electron chi connectivity index (χ3n) is 3.81. The van der Waals surface area contributed by atoms with Gasteiger partial charge in [0.1, 0.15) is 5.54 Å². The van der Waals surface area contributed by atoms with Crippen LogP contribution in [0.25, 0.3) is 0 Å². The maximum absolute atomic E-state index is 11.8. The number of aromatic amines is 1. The van der Waals surface area contributed by atoms with Crippen molar-refractivity contribution >= 4 is 17.7 Å². The van der Waals surface area contributed by atoms with Gasteiger partial charge in [-0.1, -0.05) is 18.7 Å². The lowest BCUT2D eigenvalue weighted by molar-refractivity contribution is -0.144. The number of thioether (sulfide) groups is 1. The summed E-state index contributed by atoms with van der Waals surface area (Å²) in [6.07, 6.45) is 2.75. The Hall–Kier alpha value is -1.28. The maximum Gasteiger partial charge on any atom is 0.343 e. The summed E-state index contributed by atoms with van der Waals surface area (Å²) in [5.41, 5.74) is -1.18. The standard InChI is InChI=1S/C13H22N4O3S/c1-3-7-14-13(10(18)19,9-5-6-9)8-21-12-16-15-11(20)17(12)4-2/h9,14H,3-8H2,1-2H3,(H,15,20)(H,18,19). The minimum absolute atomic E-state index is 0.162. The van der Waals surface area contributed by atoms with E-state index in [4.69, 9.17) is 0 Å². The molecule has 2 rings (SSSR count). The lowest BCUT2D eigenvalue weighted by Gasteiger charge is -2.30. The zero-order chi connectivity index (χ0) is 15.5. The van der Waals surface area contributed by atoms with Crippen molar-refractivity contribution in [1.29, 1.82) is 0 Å². The van der Waals surface area contributed by atoms with Gasteiger partial charge in [0.25, 0.3) is 0 Å². The van der Waals surface area contributed by atoms with Crippen LogP contribution in [0.2, 0.25) is 0 Å². The molecule has 0 saturated heterocycles. The van der Waals surface area contributed by atoms with Crippen molar-refractivity contribution in [2.24, 2.45) is 5.92 Å². The second kappa shape index (κ2) is 6.65. The Kier molecular flexibility index (Phi) is 5.10. The van der Waals surface area contributed by atoms with Crippen LogP contribution in [-0.2, 0) is 11.3 Å². The second-order valence-corrected chi connectivity index (χ2v) is 6.26. The number of carboxylic acids is 1. The molecule has 8 heteroatoms. The number of aromatic nitrogens is 3. The highest BCUT2D eigenvalue weighted by atomic mass is 32.2. The lowest BCUT2D eigenvalue weighted by atomic mass is 9.95. The van der Waals surface area contributed by atoms with E-state index in [2.05, 4.69) is 15.5 Å². The highest BCUT2D eigenvalue weighted by molar-refractivity contribution is 7.99. The number of hydrogen-bond donors (Lipinski definition) is 3. The highest BCUT2D eigenvalue weighted by Crippen LogP contribution is 2.42. The van der Waals surface area contributed by atoms with E-state index < -0.39 is 11.5 Å². The molecule has 1 unspecified atom stereocenters. The molecular weight excluding hydrogens is 292 g/mol. The molecule has 0 aromatic carbocycles. The number of carbonyl (C=O) groups is 1. The Morgan fingerprint density at radius 1 is 1.57 bits per heavy atom. The van der Waals surface area contributed by atoms with Crippen LogP contribution < -0.4 is 11.0 Å². The first kappa shape index (κ1) is 16.1. The molecule has 1 fully saturated rings. The molecule has 1 saturated carbocycles. The van der Waals surface area contributed by atoms with Gasteiger partial charge in [-0.3, -0.25) is 9.36 Å². The Morgan fingerprint density at radius 2 is 2.29 bits per heavy atom. The Morgan fingerprint density at radius 3 is 2.81 bits per heavy atom. The van der Waals surface area contributed by atoms with Crippen molar-refractivity contribution in [2.45, 2.75) is 50.4 Å². The van der Waals surface area contributed by atoms with Gasteiger partial charge >= 0.3 is 11.7 Å². The van der Waals surface area contributed by atoms with Crippen LogP contribution in [0.4, 0.5) is 0 Å². The molecule has 0 amide bonds. The van der Waals surface area contributed by atoms with Crippen LogP contribution in [0.15, 0.2) is 9.95 Å². The average molecular weight is 314 g/mol. The largest absolute Gasteiger partial charge is 0.480 e. The normalized spacial score (nSPS) is 17.6. The van der Waals surface area contributed by atoms with Crippen molar-refractivity contribution in [1.82, 2.24) is 20.1 Å². The van der Waals surface area contributed by atoms with E-state index in [0.717, 1.165) is 19.3 Å². The Bertz CT molecular complexity index is 552. The van der Waals surface area contributed by atoms with E-state index in [1.165, 1.54) is 16.3 Å². The maximum atomic E-state index is 11.8. The number of carboxylic acid groups (broad SMARTS) is 1. The highest BCUT2D eigenvalue weighted by Gasteiger charge is 2.51. The summed E-state index contributed by atoms with van der Waals surface area (Å²) in [5.74, 6) is -0.279. The number of aliphatic carboxylic acids is 1. The smallest absolute Gasteiger partial charge is 0.343 e. The molecule has 0 spiro atoms. The number of rotatable bonds is 9. The monoisotopic (exact) mass is 314 g/mol. The van der Waals surface area contributed by atoms with Gasteiger partial charge in [0.15, 0.2) is 5.16 Å². The first-order valence-corrected chi connectivity index (χ1v) is 8.30. The van der Waals surface area contributed by atoms with Crippen molar-refractivity contribution < 1.29 is 9.90 Å². The minimum atomic E-state index is -0.922. The average Bonchev–Trinajstić information content (AvgIpc) is 3.24. The van der Waals surface area contributed by atoms with E-state index in [1.54, 1.807) is 0 Å². The molecule has 1 heterocycles. The molecule has 21 heavy (non-hydrogen) atoms. The summed E-state index contributed by atoms with van der Waals surface area (Å²) >= 11 is 1.32. The molecule has 1 aliphatic carbocycles. The number of nitrogens with one attached hydrogen (secondary N) is 2. The topological polar surface area (TPSA) is 100 Å². The van der Waals surface area contributed by atoms with Crippen molar-refractivity contribution in [3.8, 4) is 0 Å². The second-order valence-electron chi connectivity index (χ2n) is 5.32. The van der Waals surface area contributed by atoms with Crippen LogP contribution in [0, 0.1) is 5.92 Å². The van der Waals surface area contributed by atoms with Gasteiger partial charge < -0.3 is 10.4 Å². The summed E-state index contributed by atoms with van der Waals surface area (Å²) in [6.45, 7) is 5.07. The molecular formula is C13H22N4O3S. The summed E-state index contributed by atoms with van der Waals surface area (Å²) in [6, 6.07) is 0. The van der Waals surface area contributed by atoms with E-state index in [1.807, 2.05) is 13.8 Å². The summed E-state index contributed by atoms with van der Waals surface area (Å²) in [5, 5.41) is 19.8. The van der Waals surface area contributed by atoms with Gasteiger partial charge in [0, 0.05) is 12.3 Å². The molecule has 7 nitrogen and oxygen atoms in total. The minimum Gasteiger partial charge on any atom is -0.480 e. The predicted molar refractivity (Wildman–Crippen MR) is 80.6 cm³/mol. The molecule has 0 bridgehead atoms. The van der Waals surface area contributed by atoms with Crippen LogP contribution in [0.5, 0.6) is 0 Å². The fraction of sp³-hybridized carbons (Fsp3) is 0.769. The lowest BCUT2D eigenvalue weighted by Crippen LogP contribution is -2.56. The quantitative estimate of drug-likeness (QED) is 0.586. The molecule has 0 aliphatic heterocycles. The van der Waals surface area contributed by atoms with Crippen LogP contribution >= 0.6 is 11.8 Å². The molecule has 1 aliphatic rings. The summed E-state index contributed by atoms with van der Waals surface area (Å²) in [7, 11) is 0. The number of hydrogen-bond acceptors (Lipinski definition) is 5. The van der Waals surface area contributed by atoms with Gasteiger partial charge in [-0.05, 0) is 38.6 Å². The van der Waals surface area contributed by atoms with Crippen molar-refractivity contribution in [3.05, 3.63) is 10.5 Å². The van der Waals surface area contributed by atoms with E-state index in [0.29, 0.717) is 24.0 Å². The SMILES string of the molecule is CCCNC(CSc1n[nH]c(=O)n1CC)(C(=O)O)C1CC1. The van der Waals surface area contributed by atoms with Gasteiger partial charge in [0.05, 0.1) is 0 Å². The van der Waals surface area contributed by atoms with Gasteiger partial charge in [-0.2, -0.15) is 0 Å². The zero-order valence-electron chi connectivity index (χ0n) is 12.4.